The summed E-state index contributed by atoms with van der Waals surface area (Å²) >= 11 is 0. The highest BCUT2D eigenvalue weighted by atomic mass is 16.2. The normalized spacial score (nSPS) is 22.8. The van der Waals surface area contributed by atoms with E-state index in [0.717, 1.165) is 39.3 Å². The number of piperazine rings is 1. The second-order valence-electron chi connectivity index (χ2n) is 7.68. The Balaban J connectivity index is 1.37. The Morgan fingerprint density at radius 2 is 2.00 bits per heavy atom. The zero-order valence-electron chi connectivity index (χ0n) is 15.7. The maximum atomic E-state index is 12.3. The van der Waals surface area contributed by atoms with Crippen LogP contribution in [0.25, 0.3) is 0 Å². The van der Waals surface area contributed by atoms with Crippen molar-refractivity contribution < 1.29 is 4.79 Å². The third-order valence-electron chi connectivity index (χ3n) is 5.42. The number of amides is 1. The van der Waals surface area contributed by atoms with Gasteiger partial charge in [-0.2, -0.15) is 0 Å². The zero-order valence-corrected chi connectivity index (χ0v) is 15.7. The quantitative estimate of drug-likeness (QED) is 0.880. The number of hydrogen-bond acceptors (Lipinski definition) is 4. The molecule has 2 fully saturated rings. The Bertz CT molecular complexity index is 569. The van der Waals surface area contributed by atoms with Crippen molar-refractivity contribution in [1.29, 1.82) is 0 Å². The van der Waals surface area contributed by atoms with E-state index in [4.69, 9.17) is 0 Å². The molecule has 1 aromatic carbocycles. The van der Waals surface area contributed by atoms with Crippen molar-refractivity contribution in [3.8, 4) is 0 Å². The van der Waals surface area contributed by atoms with Gasteiger partial charge in [0.25, 0.3) is 0 Å². The van der Waals surface area contributed by atoms with Crippen LogP contribution in [-0.4, -0.2) is 75.1 Å². The summed E-state index contributed by atoms with van der Waals surface area (Å²) in [7, 11) is 2.17. The summed E-state index contributed by atoms with van der Waals surface area (Å²) < 4.78 is 0. The van der Waals surface area contributed by atoms with Gasteiger partial charge in [-0.05, 0) is 57.0 Å². The molecule has 0 aliphatic carbocycles. The predicted molar refractivity (Wildman–Crippen MR) is 103 cm³/mol. The minimum absolute atomic E-state index is 0.178. The first-order chi connectivity index (χ1) is 12.1. The molecule has 2 aliphatic rings. The molecule has 3 rings (SSSR count). The Morgan fingerprint density at radius 3 is 2.72 bits per heavy atom. The first kappa shape index (κ1) is 18.2. The van der Waals surface area contributed by atoms with E-state index < -0.39 is 0 Å². The first-order valence-corrected chi connectivity index (χ1v) is 9.59. The lowest BCUT2D eigenvalue weighted by molar-refractivity contribution is -0.122. The van der Waals surface area contributed by atoms with Gasteiger partial charge in [0, 0.05) is 45.0 Å². The van der Waals surface area contributed by atoms with E-state index in [-0.39, 0.29) is 5.91 Å². The van der Waals surface area contributed by atoms with Gasteiger partial charge in [-0.3, -0.25) is 9.69 Å². The molecule has 0 radical (unpaired) electrons. The number of rotatable bonds is 5. The van der Waals surface area contributed by atoms with Crippen LogP contribution in [0.4, 0.5) is 5.69 Å². The summed E-state index contributed by atoms with van der Waals surface area (Å²) in [6, 6.07) is 8.67. The molecule has 25 heavy (non-hydrogen) atoms. The third kappa shape index (κ3) is 5.44. The molecule has 2 heterocycles. The van der Waals surface area contributed by atoms with Gasteiger partial charge in [-0.25, -0.2) is 0 Å². The molecule has 5 nitrogen and oxygen atoms in total. The maximum absolute atomic E-state index is 12.3. The number of carbonyl (C=O) groups excluding carboxylic acids is 1. The van der Waals surface area contributed by atoms with E-state index in [1.807, 2.05) is 0 Å². The van der Waals surface area contributed by atoms with E-state index in [9.17, 15) is 4.79 Å². The maximum Gasteiger partial charge on any atom is 0.234 e. The van der Waals surface area contributed by atoms with Crippen LogP contribution in [0.3, 0.4) is 0 Å². The molecule has 138 valence electrons. The van der Waals surface area contributed by atoms with E-state index in [2.05, 4.69) is 58.3 Å². The molecule has 0 aromatic heterocycles. The van der Waals surface area contributed by atoms with Gasteiger partial charge in [0.05, 0.1) is 6.54 Å². The van der Waals surface area contributed by atoms with Crippen molar-refractivity contribution in [3.63, 3.8) is 0 Å². The molecule has 2 aliphatic heterocycles. The fourth-order valence-electron chi connectivity index (χ4n) is 3.95. The van der Waals surface area contributed by atoms with Crippen molar-refractivity contribution in [1.82, 2.24) is 15.1 Å². The van der Waals surface area contributed by atoms with Crippen molar-refractivity contribution >= 4 is 11.6 Å². The Kier molecular flexibility index (Phi) is 6.32. The Morgan fingerprint density at radius 1 is 1.20 bits per heavy atom. The molecule has 2 saturated heterocycles. The van der Waals surface area contributed by atoms with Gasteiger partial charge in [0.15, 0.2) is 0 Å². The summed E-state index contributed by atoms with van der Waals surface area (Å²) in [6.45, 7) is 9.67. The Labute approximate surface area is 152 Å². The minimum atomic E-state index is 0.178. The van der Waals surface area contributed by atoms with E-state index in [1.54, 1.807) is 0 Å². The van der Waals surface area contributed by atoms with Crippen LogP contribution >= 0.6 is 0 Å². The van der Waals surface area contributed by atoms with E-state index in [0.29, 0.717) is 12.5 Å². The lowest BCUT2D eigenvalue weighted by Gasteiger charge is -2.36. The number of benzene rings is 1. The highest BCUT2D eigenvalue weighted by Gasteiger charge is 2.21. The van der Waals surface area contributed by atoms with Gasteiger partial charge < -0.3 is 15.1 Å². The number of nitrogens with one attached hydrogen (secondary N) is 1. The average molecular weight is 345 g/mol. The fraction of sp³-hybridized carbons (Fsp3) is 0.650. The smallest absolute Gasteiger partial charge is 0.234 e. The molecule has 0 saturated carbocycles. The summed E-state index contributed by atoms with van der Waals surface area (Å²) in [6.07, 6.45) is 2.48. The number of hydrogen-bond donors (Lipinski definition) is 1. The van der Waals surface area contributed by atoms with Crippen LogP contribution < -0.4 is 10.2 Å². The predicted octanol–water partition coefficient (Wildman–Crippen LogP) is 1.58. The van der Waals surface area contributed by atoms with Crippen molar-refractivity contribution in [2.75, 3.05) is 64.3 Å². The summed E-state index contributed by atoms with van der Waals surface area (Å²) in [5.74, 6) is 0.790. The van der Waals surface area contributed by atoms with Crippen LogP contribution in [0.5, 0.6) is 0 Å². The van der Waals surface area contributed by atoms with Crippen LogP contribution in [-0.2, 0) is 4.79 Å². The molecule has 1 atom stereocenters. The summed E-state index contributed by atoms with van der Waals surface area (Å²) in [4.78, 5) is 19.3. The second kappa shape index (κ2) is 8.68. The van der Waals surface area contributed by atoms with Crippen LogP contribution in [0, 0.1) is 12.8 Å². The van der Waals surface area contributed by atoms with Gasteiger partial charge in [0.2, 0.25) is 5.91 Å². The number of aryl methyl sites for hydroxylation is 1. The molecule has 5 heteroatoms. The molecular formula is C20H32N4O. The SMILES string of the molecule is Cc1cccc(N2CCN(CC(=O)NC[C@H]3CCCN(C)C3)CC2)c1. The van der Waals surface area contributed by atoms with Gasteiger partial charge in [-0.1, -0.05) is 12.1 Å². The molecule has 0 spiro atoms. The van der Waals surface area contributed by atoms with Crippen molar-refractivity contribution in [2.45, 2.75) is 19.8 Å². The van der Waals surface area contributed by atoms with E-state index >= 15 is 0 Å². The second-order valence-corrected chi connectivity index (χ2v) is 7.68. The lowest BCUT2D eigenvalue weighted by atomic mass is 9.98. The van der Waals surface area contributed by atoms with Crippen LogP contribution in [0.2, 0.25) is 0 Å². The number of carbonyl (C=O) groups is 1. The molecule has 1 N–H and O–H groups in total. The van der Waals surface area contributed by atoms with Crippen molar-refractivity contribution in [3.05, 3.63) is 29.8 Å². The molecule has 0 unspecified atom stereocenters. The van der Waals surface area contributed by atoms with Crippen LogP contribution in [0.15, 0.2) is 24.3 Å². The monoisotopic (exact) mass is 344 g/mol. The number of anilines is 1. The highest BCUT2D eigenvalue weighted by molar-refractivity contribution is 5.78. The van der Waals surface area contributed by atoms with Gasteiger partial charge >= 0.3 is 0 Å². The standard InChI is InChI=1S/C20H32N4O/c1-17-5-3-7-19(13-17)24-11-9-23(10-12-24)16-20(25)21-14-18-6-4-8-22(2)15-18/h3,5,7,13,18H,4,6,8-12,14-16H2,1-2H3,(H,21,25)/t18-/m1/s1. The topological polar surface area (TPSA) is 38.8 Å². The highest BCUT2D eigenvalue weighted by Crippen LogP contribution is 2.18. The van der Waals surface area contributed by atoms with Crippen molar-refractivity contribution in [2.24, 2.45) is 5.92 Å². The van der Waals surface area contributed by atoms with Gasteiger partial charge in [-0.15, -0.1) is 0 Å². The summed E-state index contributed by atoms with van der Waals surface area (Å²) in [5, 5.41) is 3.15. The van der Waals surface area contributed by atoms with E-state index in [1.165, 1.54) is 30.6 Å². The van der Waals surface area contributed by atoms with Crippen LogP contribution in [0.1, 0.15) is 18.4 Å². The number of nitrogens with zero attached hydrogens (tertiary/aromatic N) is 3. The lowest BCUT2D eigenvalue weighted by Crippen LogP contribution is -2.50. The summed E-state index contributed by atoms with van der Waals surface area (Å²) in [5.41, 5.74) is 2.60. The zero-order chi connectivity index (χ0) is 17.6. The molecular weight excluding hydrogens is 312 g/mol. The minimum Gasteiger partial charge on any atom is -0.369 e. The number of piperidine rings is 1. The Hall–Kier alpha value is -1.59. The largest absolute Gasteiger partial charge is 0.369 e. The van der Waals surface area contributed by atoms with Gasteiger partial charge in [0.1, 0.15) is 0 Å². The molecule has 1 aromatic rings. The third-order valence-corrected chi connectivity index (χ3v) is 5.42. The fourth-order valence-corrected chi connectivity index (χ4v) is 3.95. The first-order valence-electron chi connectivity index (χ1n) is 9.59. The molecule has 1 amide bonds. The molecule has 0 bridgehead atoms. The average Bonchev–Trinajstić information content (AvgIpc) is 2.61. The number of likely N-dealkylation sites (tertiary alicyclic amines) is 1.